The monoisotopic (exact) mass is 351 g/mol. The minimum atomic E-state index is -1.21. The average Bonchev–Trinajstić information content (AvgIpc) is 3.01. The van der Waals surface area contributed by atoms with Crippen LogP contribution in [0.2, 0.25) is 0 Å². The lowest BCUT2D eigenvalue weighted by molar-refractivity contribution is -0.138. The van der Waals surface area contributed by atoms with Crippen LogP contribution in [0.5, 0.6) is 11.5 Å². The van der Waals surface area contributed by atoms with Gasteiger partial charge in [-0.25, -0.2) is 0 Å². The largest absolute Gasteiger partial charge is 0.480 e. The van der Waals surface area contributed by atoms with Crippen LogP contribution in [0.1, 0.15) is 24.3 Å². The Kier molecular flexibility index (Phi) is 4.93. The van der Waals surface area contributed by atoms with Gasteiger partial charge in [-0.3, -0.25) is 19.1 Å². The van der Waals surface area contributed by atoms with E-state index in [1.807, 2.05) is 6.92 Å². The number of aromatic nitrogens is 2. The molecule has 1 aromatic heterocycles. The maximum absolute atomic E-state index is 12.6. The number of aliphatic carboxylic acids is 1. The average molecular weight is 351 g/mol. The second-order valence-electron chi connectivity index (χ2n) is 5.25. The molecule has 1 aliphatic heterocycles. The number of amides is 1. The van der Waals surface area contributed by atoms with E-state index in [0.29, 0.717) is 23.6 Å². The molecular weight excluding hydrogens is 334 g/mol. The minimum Gasteiger partial charge on any atom is -0.480 e. The smallest absolute Gasteiger partial charge is 0.325 e. The highest BCUT2D eigenvalue weighted by Crippen LogP contribution is 2.34. The van der Waals surface area contributed by atoms with Crippen molar-refractivity contribution in [2.45, 2.75) is 26.4 Å². The van der Waals surface area contributed by atoms with Gasteiger partial charge >= 0.3 is 5.97 Å². The Balaban J connectivity index is 0.00000225. The first kappa shape index (κ1) is 18.2. The highest BCUT2D eigenvalue weighted by Gasteiger charge is 2.23. The highest BCUT2D eigenvalue weighted by atomic mass is 16.7. The second-order valence-corrected chi connectivity index (χ2v) is 5.25. The van der Waals surface area contributed by atoms with Gasteiger partial charge in [-0.05, 0) is 19.9 Å². The van der Waals surface area contributed by atoms with E-state index in [1.54, 1.807) is 6.07 Å². The van der Waals surface area contributed by atoms with Gasteiger partial charge in [-0.1, -0.05) is 0 Å². The van der Waals surface area contributed by atoms with Gasteiger partial charge in [0.1, 0.15) is 6.04 Å². The van der Waals surface area contributed by atoms with E-state index in [-0.39, 0.29) is 23.3 Å². The number of hydrogen-bond donors (Lipinski definition) is 2. The zero-order valence-electron chi connectivity index (χ0n) is 13.5. The molecule has 10 nitrogen and oxygen atoms in total. The molecule has 0 spiro atoms. The van der Waals surface area contributed by atoms with Crippen LogP contribution in [0.25, 0.3) is 10.9 Å². The summed E-state index contributed by atoms with van der Waals surface area (Å²) in [7, 11) is 0. The molecule has 0 saturated carbocycles. The molecule has 1 aromatic carbocycles. The molecule has 0 fully saturated rings. The normalized spacial score (nSPS) is 13.2. The van der Waals surface area contributed by atoms with Crippen LogP contribution in [0.3, 0.4) is 0 Å². The lowest BCUT2D eigenvalue weighted by Crippen LogP contribution is -2.41. The summed E-state index contributed by atoms with van der Waals surface area (Å²) in [6.45, 7) is 3.58. The number of rotatable bonds is 4. The third kappa shape index (κ3) is 3.11. The van der Waals surface area contributed by atoms with Gasteiger partial charge in [0, 0.05) is 12.6 Å². The summed E-state index contributed by atoms with van der Waals surface area (Å²) in [5, 5.41) is 15.4. The van der Waals surface area contributed by atoms with Crippen molar-refractivity contribution in [1.82, 2.24) is 15.1 Å². The molecule has 3 rings (SSSR count). The Morgan fingerprint density at radius 3 is 2.60 bits per heavy atom. The summed E-state index contributed by atoms with van der Waals surface area (Å²) in [5.41, 5.74) is -0.450. The summed E-state index contributed by atoms with van der Waals surface area (Å²) >= 11 is 0. The zero-order chi connectivity index (χ0) is 17.4. The molecular formula is C15H17N3O7. The van der Waals surface area contributed by atoms with Gasteiger partial charge in [-0.15, -0.1) is 0 Å². The van der Waals surface area contributed by atoms with Gasteiger partial charge in [0.2, 0.25) is 12.2 Å². The van der Waals surface area contributed by atoms with Crippen molar-refractivity contribution in [2.24, 2.45) is 0 Å². The lowest BCUT2D eigenvalue weighted by atomic mass is 10.1. The molecule has 1 atom stereocenters. The number of benzene rings is 1. The van der Waals surface area contributed by atoms with Gasteiger partial charge in [0.05, 0.1) is 10.9 Å². The first-order valence-corrected chi connectivity index (χ1v) is 7.30. The zero-order valence-corrected chi connectivity index (χ0v) is 13.5. The first-order chi connectivity index (χ1) is 11.4. The van der Waals surface area contributed by atoms with Gasteiger partial charge < -0.3 is 25.4 Å². The van der Waals surface area contributed by atoms with Crippen molar-refractivity contribution < 1.29 is 29.6 Å². The predicted octanol–water partition coefficient (Wildman–Crippen LogP) is -0.477. The molecule has 0 unspecified atom stereocenters. The van der Waals surface area contributed by atoms with Crippen molar-refractivity contribution in [3.63, 3.8) is 0 Å². The standard InChI is InChI=1S/C15H15N3O6.H2O/c1-3-18-9-5-11-10(23-6-24-11)4-8(9)13(19)12(17-18)14(20)16-7(2)15(21)22;/h4-5,7H,3,6H2,1-2H3,(H,16,20)(H,21,22);1H2/t7-;/m0./s1. The second kappa shape index (κ2) is 6.77. The number of carboxylic acid groups (broad SMARTS) is 1. The van der Waals surface area contributed by atoms with Crippen LogP contribution in [0.4, 0.5) is 0 Å². The quantitative estimate of drug-likeness (QED) is 0.755. The fourth-order valence-electron chi connectivity index (χ4n) is 2.39. The number of carbonyl (C=O) groups is 2. The van der Waals surface area contributed by atoms with Crippen molar-refractivity contribution in [2.75, 3.05) is 6.79 Å². The van der Waals surface area contributed by atoms with E-state index in [1.165, 1.54) is 17.7 Å². The summed E-state index contributed by atoms with van der Waals surface area (Å²) in [6.07, 6.45) is 0. The minimum absolute atomic E-state index is 0. The number of hydrogen-bond acceptors (Lipinski definition) is 6. The molecule has 0 saturated heterocycles. The van der Waals surface area contributed by atoms with Crippen LogP contribution >= 0.6 is 0 Å². The number of carbonyl (C=O) groups excluding carboxylic acids is 1. The Bertz CT molecular complexity index is 906. The molecule has 0 radical (unpaired) electrons. The summed E-state index contributed by atoms with van der Waals surface area (Å²) in [5.74, 6) is -1.12. The van der Waals surface area contributed by atoms with E-state index in [9.17, 15) is 14.4 Å². The Morgan fingerprint density at radius 2 is 2.00 bits per heavy atom. The fourth-order valence-corrected chi connectivity index (χ4v) is 2.39. The molecule has 1 aliphatic rings. The van der Waals surface area contributed by atoms with Crippen LogP contribution < -0.4 is 20.2 Å². The van der Waals surface area contributed by atoms with Gasteiger partial charge in [0.25, 0.3) is 5.91 Å². The lowest BCUT2D eigenvalue weighted by Gasteiger charge is -2.12. The van der Waals surface area contributed by atoms with Crippen LogP contribution in [0.15, 0.2) is 16.9 Å². The summed E-state index contributed by atoms with van der Waals surface area (Å²) in [4.78, 5) is 35.7. The highest BCUT2D eigenvalue weighted by molar-refractivity contribution is 5.97. The molecule has 0 bridgehead atoms. The van der Waals surface area contributed by atoms with Crippen molar-refractivity contribution in [1.29, 1.82) is 0 Å². The number of carboxylic acids is 1. The van der Waals surface area contributed by atoms with Crippen molar-refractivity contribution in [3.05, 3.63) is 28.0 Å². The molecule has 2 heterocycles. The molecule has 25 heavy (non-hydrogen) atoms. The van der Waals surface area contributed by atoms with Crippen LogP contribution in [0, 0.1) is 0 Å². The summed E-state index contributed by atoms with van der Waals surface area (Å²) < 4.78 is 12.0. The number of nitrogens with zero attached hydrogens (tertiary/aromatic N) is 2. The third-order valence-corrected chi connectivity index (χ3v) is 3.68. The number of nitrogens with one attached hydrogen (secondary N) is 1. The Labute approximate surface area is 141 Å². The van der Waals surface area contributed by atoms with Crippen molar-refractivity contribution in [3.8, 4) is 11.5 Å². The first-order valence-electron chi connectivity index (χ1n) is 7.30. The van der Waals surface area contributed by atoms with Crippen LogP contribution in [-0.4, -0.2) is 45.1 Å². The van der Waals surface area contributed by atoms with E-state index in [2.05, 4.69) is 10.4 Å². The number of ether oxygens (including phenoxy) is 2. The Morgan fingerprint density at radius 1 is 1.36 bits per heavy atom. The van der Waals surface area contributed by atoms with E-state index in [0.717, 1.165) is 0 Å². The van der Waals surface area contributed by atoms with Gasteiger partial charge in [0.15, 0.2) is 17.2 Å². The van der Waals surface area contributed by atoms with Gasteiger partial charge in [-0.2, -0.15) is 5.10 Å². The molecule has 2 aromatic rings. The maximum Gasteiger partial charge on any atom is 0.325 e. The number of fused-ring (bicyclic) bond motifs is 2. The van der Waals surface area contributed by atoms with Crippen LogP contribution in [-0.2, 0) is 11.3 Å². The van der Waals surface area contributed by atoms with E-state index in [4.69, 9.17) is 14.6 Å². The topological polar surface area (TPSA) is 151 Å². The summed E-state index contributed by atoms with van der Waals surface area (Å²) in [6, 6.07) is 2.00. The fraction of sp³-hybridized carbons (Fsp3) is 0.333. The molecule has 0 aliphatic carbocycles. The SMILES string of the molecule is CCn1nc(C(=O)N[C@@H](C)C(=O)O)c(=O)c2cc3c(cc21)OCO3.O. The Hall–Kier alpha value is -3.14. The maximum atomic E-state index is 12.6. The third-order valence-electron chi connectivity index (χ3n) is 3.68. The van der Waals surface area contributed by atoms with E-state index < -0.39 is 23.3 Å². The molecule has 4 N–H and O–H groups in total. The molecule has 1 amide bonds. The van der Waals surface area contributed by atoms with Crippen molar-refractivity contribution >= 4 is 22.8 Å². The van der Waals surface area contributed by atoms with E-state index >= 15 is 0 Å². The predicted molar refractivity (Wildman–Crippen MR) is 86.0 cm³/mol. The molecule has 10 heteroatoms. The molecule has 134 valence electrons. The number of aryl methyl sites for hydroxylation is 1.